The van der Waals surface area contributed by atoms with Crippen LogP contribution in [0.15, 0.2) is 34.7 Å². The molecule has 4 heteroatoms. The zero-order valence-corrected chi connectivity index (χ0v) is 11.0. The number of benzene rings is 1. The summed E-state index contributed by atoms with van der Waals surface area (Å²) in [6, 6.07) is 10.2. The molecule has 1 aromatic carbocycles. The van der Waals surface area contributed by atoms with Gasteiger partial charge in [0.25, 0.3) is 0 Å². The molecule has 0 atom stereocenters. The van der Waals surface area contributed by atoms with Crippen molar-refractivity contribution in [3.8, 4) is 11.3 Å². The van der Waals surface area contributed by atoms with Crippen LogP contribution >= 0.6 is 0 Å². The summed E-state index contributed by atoms with van der Waals surface area (Å²) >= 11 is 0. The summed E-state index contributed by atoms with van der Waals surface area (Å²) in [5, 5.41) is 0. The van der Waals surface area contributed by atoms with E-state index in [9.17, 15) is 0 Å². The quantitative estimate of drug-likeness (QED) is 0.762. The lowest BCUT2D eigenvalue weighted by Crippen LogP contribution is -1.95. The number of oxazole rings is 1. The molecular weight excluding hydrogens is 238 g/mol. The van der Waals surface area contributed by atoms with Crippen molar-refractivity contribution in [2.75, 3.05) is 0 Å². The molecule has 0 bridgehead atoms. The summed E-state index contributed by atoms with van der Waals surface area (Å²) < 4.78 is 5.46. The van der Waals surface area contributed by atoms with Gasteiger partial charge in [0, 0.05) is 5.56 Å². The van der Waals surface area contributed by atoms with E-state index in [-0.39, 0.29) is 6.54 Å². The summed E-state index contributed by atoms with van der Waals surface area (Å²) in [4.78, 5) is 8.81. The fourth-order valence-corrected chi connectivity index (χ4v) is 2.20. The molecule has 0 aliphatic carbocycles. The Bertz CT molecular complexity index is 746. The highest BCUT2D eigenvalue weighted by Gasteiger charge is 2.09. The third kappa shape index (κ3) is 2.11. The van der Waals surface area contributed by atoms with Gasteiger partial charge in [-0.1, -0.05) is 23.8 Å². The van der Waals surface area contributed by atoms with Crippen LogP contribution in [-0.4, -0.2) is 9.97 Å². The molecule has 0 aliphatic rings. The minimum Gasteiger partial charge on any atom is -0.438 e. The van der Waals surface area contributed by atoms with E-state index in [4.69, 9.17) is 10.2 Å². The molecule has 2 N–H and O–H groups in total. The molecule has 0 fully saturated rings. The Hall–Kier alpha value is -2.20. The molecule has 0 spiro atoms. The normalized spacial score (nSPS) is 11.1. The van der Waals surface area contributed by atoms with E-state index >= 15 is 0 Å². The van der Waals surface area contributed by atoms with Crippen LogP contribution < -0.4 is 5.73 Å². The van der Waals surface area contributed by atoms with E-state index in [2.05, 4.69) is 42.0 Å². The Balaban J connectivity index is 2.14. The molecule has 3 aromatic rings. The predicted molar refractivity (Wildman–Crippen MR) is 74.6 cm³/mol. The lowest BCUT2D eigenvalue weighted by molar-refractivity contribution is 0.533. The van der Waals surface area contributed by atoms with E-state index in [1.807, 2.05) is 12.1 Å². The van der Waals surface area contributed by atoms with Gasteiger partial charge >= 0.3 is 0 Å². The second-order valence-electron chi connectivity index (χ2n) is 4.65. The Kier molecular flexibility index (Phi) is 2.80. The zero-order chi connectivity index (χ0) is 13.4. The lowest BCUT2D eigenvalue weighted by Gasteiger charge is -2.05. The molecule has 19 heavy (non-hydrogen) atoms. The van der Waals surface area contributed by atoms with E-state index in [0.29, 0.717) is 17.1 Å². The molecule has 2 aromatic heterocycles. The highest BCUT2D eigenvalue weighted by atomic mass is 16.3. The van der Waals surface area contributed by atoms with Crippen molar-refractivity contribution in [2.24, 2.45) is 5.73 Å². The number of aromatic nitrogens is 2. The topological polar surface area (TPSA) is 64.9 Å². The third-order valence-electron chi connectivity index (χ3n) is 3.13. The van der Waals surface area contributed by atoms with Gasteiger partial charge in [-0.15, -0.1) is 0 Å². The van der Waals surface area contributed by atoms with Crippen LogP contribution in [0.2, 0.25) is 0 Å². The molecule has 0 saturated heterocycles. The molecule has 3 rings (SSSR count). The summed E-state index contributed by atoms with van der Waals surface area (Å²) in [6.45, 7) is 4.45. The molecule has 0 radical (unpaired) electrons. The Morgan fingerprint density at radius 3 is 2.68 bits per heavy atom. The first kappa shape index (κ1) is 11.9. The van der Waals surface area contributed by atoms with Gasteiger partial charge in [-0.3, -0.25) is 0 Å². The number of nitrogens with zero attached hydrogens (tertiary/aromatic N) is 2. The van der Waals surface area contributed by atoms with Gasteiger partial charge in [-0.25, -0.2) is 4.98 Å². The van der Waals surface area contributed by atoms with Crippen LogP contribution in [0.1, 0.15) is 17.0 Å². The Labute approximate surface area is 111 Å². The zero-order valence-electron chi connectivity index (χ0n) is 11.0. The maximum atomic E-state index is 5.52. The molecule has 0 aliphatic heterocycles. The average molecular weight is 253 g/mol. The summed E-state index contributed by atoms with van der Waals surface area (Å²) in [7, 11) is 0. The van der Waals surface area contributed by atoms with Gasteiger partial charge in [-0.2, -0.15) is 4.98 Å². The molecule has 0 unspecified atom stereocenters. The lowest BCUT2D eigenvalue weighted by atomic mass is 10.0. The van der Waals surface area contributed by atoms with Gasteiger partial charge in [0.2, 0.25) is 5.89 Å². The van der Waals surface area contributed by atoms with Gasteiger partial charge < -0.3 is 10.2 Å². The average Bonchev–Trinajstić information content (AvgIpc) is 2.80. The van der Waals surface area contributed by atoms with E-state index in [1.54, 1.807) is 0 Å². The smallest absolute Gasteiger partial charge is 0.210 e. The van der Waals surface area contributed by atoms with E-state index < -0.39 is 0 Å². The number of pyridine rings is 1. The first-order chi connectivity index (χ1) is 9.17. The highest BCUT2D eigenvalue weighted by molar-refractivity contribution is 5.74. The maximum absolute atomic E-state index is 5.52. The maximum Gasteiger partial charge on any atom is 0.210 e. The van der Waals surface area contributed by atoms with Crippen molar-refractivity contribution >= 4 is 11.2 Å². The van der Waals surface area contributed by atoms with Crippen LogP contribution in [-0.2, 0) is 6.54 Å². The molecule has 96 valence electrons. The first-order valence-corrected chi connectivity index (χ1v) is 6.21. The fourth-order valence-electron chi connectivity index (χ4n) is 2.20. The van der Waals surface area contributed by atoms with Gasteiger partial charge in [0.1, 0.15) is 0 Å². The molecular formula is C15H15N3O. The number of rotatable bonds is 2. The molecule has 2 heterocycles. The highest BCUT2D eigenvalue weighted by Crippen LogP contribution is 2.25. The van der Waals surface area contributed by atoms with Crippen molar-refractivity contribution in [3.05, 3.63) is 47.3 Å². The number of hydrogen-bond acceptors (Lipinski definition) is 4. The largest absolute Gasteiger partial charge is 0.438 e. The van der Waals surface area contributed by atoms with E-state index in [1.165, 1.54) is 11.1 Å². The van der Waals surface area contributed by atoms with Gasteiger partial charge in [-0.05, 0) is 31.5 Å². The van der Waals surface area contributed by atoms with Crippen molar-refractivity contribution in [1.29, 1.82) is 0 Å². The summed E-state index contributed by atoms with van der Waals surface area (Å²) in [5.74, 6) is 0.514. The number of aryl methyl sites for hydroxylation is 2. The minimum absolute atomic E-state index is 0.287. The van der Waals surface area contributed by atoms with Gasteiger partial charge in [0.15, 0.2) is 11.2 Å². The molecule has 4 nitrogen and oxygen atoms in total. The van der Waals surface area contributed by atoms with Crippen LogP contribution in [0, 0.1) is 13.8 Å². The summed E-state index contributed by atoms with van der Waals surface area (Å²) in [5.41, 5.74) is 11.3. The minimum atomic E-state index is 0.287. The van der Waals surface area contributed by atoms with Gasteiger partial charge in [0.05, 0.1) is 12.2 Å². The standard InChI is InChI=1S/C15H15N3O/c1-9-3-4-11(10(2)7-9)12-5-6-13-15(17-12)18-14(8-16)19-13/h3-7H,8,16H2,1-2H3. The van der Waals surface area contributed by atoms with Crippen molar-refractivity contribution in [2.45, 2.75) is 20.4 Å². The second-order valence-corrected chi connectivity index (χ2v) is 4.65. The Morgan fingerprint density at radius 2 is 1.95 bits per heavy atom. The molecule has 0 amide bonds. The van der Waals surface area contributed by atoms with Crippen LogP contribution in [0.4, 0.5) is 0 Å². The van der Waals surface area contributed by atoms with Crippen LogP contribution in [0.25, 0.3) is 22.5 Å². The predicted octanol–water partition coefficient (Wildman–Crippen LogP) is 2.97. The second kappa shape index (κ2) is 4.48. The SMILES string of the molecule is Cc1ccc(-c2ccc3oc(CN)nc3n2)c(C)c1. The number of fused-ring (bicyclic) bond motifs is 1. The summed E-state index contributed by atoms with van der Waals surface area (Å²) in [6.07, 6.45) is 0. The van der Waals surface area contributed by atoms with Crippen LogP contribution in [0.5, 0.6) is 0 Å². The van der Waals surface area contributed by atoms with E-state index in [0.717, 1.165) is 11.3 Å². The van der Waals surface area contributed by atoms with Crippen molar-refractivity contribution in [3.63, 3.8) is 0 Å². The number of hydrogen-bond donors (Lipinski definition) is 1. The number of nitrogens with two attached hydrogens (primary N) is 1. The first-order valence-electron chi connectivity index (χ1n) is 6.21. The monoisotopic (exact) mass is 253 g/mol. The third-order valence-corrected chi connectivity index (χ3v) is 3.13. The van der Waals surface area contributed by atoms with Crippen molar-refractivity contribution < 1.29 is 4.42 Å². The molecule has 0 saturated carbocycles. The van der Waals surface area contributed by atoms with Crippen molar-refractivity contribution in [1.82, 2.24) is 9.97 Å². The Morgan fingerprint density at radius 1 is 1.11 bits per heavy atom. The fraction of sp³-hybridized carbons (Fsp3) is 0.200. The van der Waals surface area contributed by atoms with Crippen LogP contribution in [0.3, 0.4) is 0 Å².